The molecular formula is C25H30ClN. The summed E-state index contributed by atoms with van der Waals surface area (Å²) in [6.45, 7) is 2.09. The largest absolute Gasteiger partial charge is 0.313 e. The van der Waals surface area contributed by atoms with Crippen molar-refractivity contribution in [2.75, 3.05) is 6.54 Å². The lowest BCUT2D eigenvalue weighted by atomic mass is 9.87. The van der Waals surface area contributed by atoms with Crippen molar-refractivity contribution in [2.24, 2.45) is 5.92 Å². The zero-order valence-electron chi connectivity index (χ0n) is 16.0. The zero-order valence-corrected chi connectivity index (χ0v) is 16.8. The summed E-state index contributed by atoms with van der Waals surface area (Å²) in [5.74, 6) is 0.951. The van der Waals surface area contributed by atoms with Crippen LogP contribution in [0.4, 0.5) is 0 Å². The van der Waals surface area contributed by atoms with Gasteiger partial charge in [-0.1, -0.05) is 92.8 Å². The molecule has 1 saturated carbocycles. The van der Waals surface area contributed by atoms with Gasteiger partial charge >= 0.3 is 0 Å². The standard InChI is InChI=1S/C25H29N.ClH/c1-2-8-20(9-3-1)16-17-26-19-24-12-6-7-13-25(24)23-15-14-21-10-4-5-11-22(21)18-23;/h4-7,10-15,18,20,26H,1-3,8-9,16-17,19H2;1H. The first-order chi connectivity index (χ1) is 12.9. The van der Waals surface area contributed by atoms with Crippen LogP contribution in [-0.4, -0.2) is 6.54 Å². The number of benzene rings is 3. The van der Waals surface area contributed by atoms with E-state index in [0.717, 1.165) is 19.0 Å². The SMILES string of the molecule is Cl.c1ccc(-c2ccc3ccccc3c2)c(CNCCC2CCCCC2)c1. The molecule has 2 heteroatoms. The van der Waals surface area contributed by atoms with Gasteiger partial charge in [0.25, 0.3) is 0 Å². The lowest BCUT2D eigenvalue weighted by molar-refractivity contribution is 0.334. The van der Waals surface area contributed by atoms with E-state index < -0.39 is 0 Å². The van der Waals surface area contributed by atoms with Crippen LogP contribution in [0.5, 0.6) is 0 Å². The summed E-state index contributed by atoms with van der Waals surface area (Å²) in [7, 11) is 0. The van der Waals surface area contributed by atoms with Crippen LogP contribution < -0.4 is 5.32 Å². The number of hydrogen-bond acceptors (Lipinski definition) is 1. The Hall–Kier alpha value is -1.83. The second-order valence-electron chi connectivity index (χ2n) is 7.69. The van der Waals surface area contributed by atoms with E-state index in [4.69, 9.17) is 0 Å². The summed E-state index contributed by atoms with van der Waals surface area (Å²) in [6, 6.07) is 24.2. The van der Waals surface area contributed by atoms with Crippen LogP contribution in [0, 0.1) is 5.92 Å². The van der Waals surface area contributed by atoms with Crippen molar-refractivity contribution in [3.63, 3.8) is 0 Å². The average Bonchev–Trinajstić information content (AvgIpc) is 2.72. The Kier molecular flexibility index (Phi) is 7.32. The number of halogens is 1. The van der Waals surface area contributed by atoms with Crippen molar-refractivity contribution in [1.82, 2.24) is 5.32 Å². The van der Waals surface area contributed by atoms with Gasteiger partial charge in [-0.2, -0.15) is 0 Å². The van der Waals surface area contributed by atoms with E-state index in [2.05, 4.69) is 72.0 Å². The molecule has 1 aliphatic carbocycles. The highest BCUT2D eigenvalue weighted by atomic mass is 35.5. The van der Waals surface area contributed by atoms with Crippen molar-refractivity contribution < 1.29 is 0 Å². The van der Waals surface area contributed by atoms with Crippen LogP contribution in [0.2, 0.25) is 0 Å². The van der Waals surface area contributed by atoms with Gasteiger partial charge < -0.3 is 5.32 Å². The van der Waals surface area contributed by atoms with E-state index in [1.165, 1.54) is 66.0 Å². The lowest BCUT2D eigenvalue weighted by Gasteiger charge is -2.21. The fourth-order valence-electron chi connectivity index (χ4n) is 4.32. The topological polar surface area (TPSA) is 12.0 Å². The van der Waals surface area contributed by atoms with Gasteiger partial charge in [-0.05, 0) is 52.4 Å². The van der Waals surface area contributed by atoms with Crippen LogP contribution in [-0.2, 0) is 6.54 Å². The average molecular weight is 380 g/mol. The Labute approximate surface area is 169 Å². The molecule has 1 fully saturated rings. The van der Waals surface area contributed by atoms with E-state index in [1.807, 2.05) is 0 Å². The van der Waals surface area contributed by atoms with Crippen molar-refractivity contribution in [1.29, 1.82) is 0 Å². The van der Waals surface area contributed by atoms with Crippen LogP contribution in [0.3, 0.4) is 0 Å². The van der Waals surface area contributed by atoms with Crippen molar-refractivity contribution in [3.05, 3.63) is 72.3 Å². The normalized spacial score (nSPS) is 14.8. The first kappa shape index (κ1) is 19.9. The minimum atomic E-state index is 0. The molecule has 0 bridgehead atoms. The predicted octanol–water partition coefficient (Wildman–Crippen LogP) is 6.99. The van der Waals surface area contributed by atoms with E-state index in [9.17, 15) is 0 Å². The maximum atomic E-state index is 3.70. The maximum Gasteiger partial charge on any atom is 0.0211 e. The number of hydrogen-bond donors (Lipinski definition) is 1. The number of fused-ring (bicyclic) bond motifs is 1. The Balaban J connectivity index is 0.00000210. The fraction of sp³-hybridized carbons (Fsp3) is 0.360. The van der Waals surface area contributed by atoms with E-state index >= 15 is 0 Å². The highest BCUT2D eigenvalue weighted by Gasteiger charge is 2.12. The molecule has 1 aliphatic rings. The van der Waals surface area contributed by atoms with Crippen LogP contribution in [0.1, 0.15) is 44.1 Å². The van der Waals surface area contributed by atoms with Gasteiger partial charge in [0, 0.05) is 6.54 Å². The summed E-state index contributed by atoms with van der Waals surface area (Å²) in [5.41, 5.74) is 4.06. The second kappa shape index (κ2) is 9.92. The third-order valence-corrected chi connectivity index (χ3v) is 5.85. The second-order valence-corrected chi connectivity index (χ2v) is 7.69. The summed E-state index contributed by atoms with van der Waals surface area (Å²) in [6.07, 6.45) is 8.54. The Morgan fingerprint density at radius 1 is 0.778 bits per heavy atom. The molecule has 0 aromatic heterocycles. The van der Waals surface area contributed by atoms with Crippen molar-refractivity contribution in [2.45, 2.75) is 45.1 Å². The quantitative estimate of drug-likeness (QED) is 0.455. The van der Waals surface area contributed by atoms with Gasteiger partial charge in [-0.25, -0.2) is 0 Å². The van der Waals surface area contributed by atoms with Crippen molar-refractivity contribution in [3.8, 4) is 11.1 Å². The lowest BCUT2D eigenvalue weighted by Crippen LogP contribution is -2.19. The van der Waals surface area contributed by atoms with Gasteiger partial charge in [0.15, 0.2) is 0 Å². The van der Waals surface area contributed by atoms with Crippen LogP contribution in [0.25, 0.3) is 21.9 Å². The third-order valence-electron chi connectivity index (χ3n) is 5.85. The monoisotopic (exact) mass is 379 g/mol. The third kappa shape index (κ3) is 5.12. The molecule has 3 aromatic carbocycles. The summed E-state index contributed by atoms with van der Waals surface area (Å²) in [5, 5.41) is 6.31. The Bertz CT molecular complexity index is 852. The highest BCUT2D eigenvalue weighted by molar-refractivity contribution is 5.87. The van der Waals surface area contributed by atoms with E-state index in [0.29, 0.717) is 0 Å². The molecular weight excluding hydrogens is 350 g/mol. The van der Waals surface area contributed by atoms with E-state index in [-0.39, 0.29) is 12.4 Å². The summed E-state index contributed by atoms with van der Waals surface area (Å²) >= 11 is 0. The molecule has 142 valence electrons. The molecule has 0 amide bonds. The predicted molar refractivity (Wildman–Crippen MR) is 120 cm³/mol. The van der Waals surface area contributed by atoms with Crippen LogP contribution >= 0.6 is 12.4 Å². The molecule has 0 heterocycles. The zero-order chi connectivity index (χ0) is 17.6. The van der Waals surface area contributed by atoms with Gasteiger partial charge in [0.1, 0.15) is 0 Å². The highest BCUT2D eigenvalue weighted by Crippen LogP contribution is 2.28. The van der Waals surface area contributed by atoms with Crippen molar-refractivity contribution >= 4 is 23.2 Å². The molecule has 0 radical (unpaired) electrons. The Morgan fingerprint density at radius 2 is 1.52 bits per heavy atom. The van der Waals surface area contributed by atoms with Crippen LogP contribution in [0.15, 0.2) is 66.7 Å². The van der Waals surface area contributed by atoms with Gasteiger partial charge in [-0.3, -0.25) is 0 Å². The molecule has 0 atom stereocenters. The smallest absolute Gasteiger partial charge is 0.0211 e. The molecule has 27 heavy (non-hydrogen) atoms. The number of rotatable bonds is 6. The Morgan fingerprint density at radius 3 is 2.37 bits per heavy atom. The van der Waals surface area contributed by atoms with E-state index in [1.54, 1.807) is 0 Å². The molecule has 1 N–H and O–H groups in total. The number of nitrogens with one attached hydrogen (secondary N) is 1. The van der Waals surface area contributed by atoms with Gasteiger partial charge in [0.05, 0.1) is 0 Å². The first-order valence-electron chi connectivity index (χ1n) is 10.2. The summed E-state index contributed by atoms with van der Waals surface area (Å²) in [4.78, 5) is 0. The first-order valence-corrected chi connectivity index (χ1v) is 10.2. The maximum absolute atomic E-state index is 3.70. The molecule has 0 unspecified atom stereocenters. The molecule has 1 nitrogen and oxygen atoms in total. The van der Waals surface area contributed by atoms with Gasteiger partial charge in [-0.15, -0.1) is 12.4 Å². The molecule has 0 spiro atoms. The minimum Gasteiger partial charge on any atom is -0.313 e. The fourth-order valence-corrected chi connectivity index (χ4v) is 4.32. The molecule has 3 aromatic rings. The van der Waals surface area contributed by atoms with Gasteiger partial charge in [0.2, 0.25) is 0 Å². The summed E-state index contributed by atoms with van der Waals surface area (Å²) < 4.78 is 0. The minimum absolute atomic E-state index is 0. The molecule has 4 rings (SSSR count). The molecule has 0 aliphatic heterocycles. The molecule has 0 saturated heterocycles.